The van der Waals surface area contributed by atoms with Crippen LogP contribution < -0.4 is 5.32 Å². The zero-order chi connectivity index (χ0) is 18.9. The molecule has 6 nitrogen and oxygen atoms in total. The molecule has 0 saturated carbocycles. The number of nitrogens with zero attached hydrogens (tertiary/aromatic N) is 2. The molecule has 0 spiro atoms. The third-order valence-electron chi connectivity index (χ3n) is 3.62. The van der Waals surface area contributed by atoms with Gasteiger partial charge in [0.25, 0.3) is 0 Å². The first-order chi connectivity index (χ1) is 11.0. The number of carbonyl (C=O) groups excluding carboxylic acids is 2. The fraction of sp³-hybridized carbons (Fsp3) is 0.722. The molecule has 0 radical (unpaired) electrons. The van der Waals surface area contributed by atoms with Crippen LogP contribution >= 0.6 is 0 Å². The minimum Gasteiger partial charge on any atom is -0.444 e. The smallest absolute Gasteiger partial charge is 0.410 e. The molecule has 0 saturated heterocycles. The number of nitriles is 1. The molecule has 0 aromatic rings. The lowest BCUT2D eigenvalue weighted by molar-refractivity contribution is -0.125. The van der Waals surface area contributed by atoms with Crippen LogP contribution in [0, 0.1) is 17.2 Å². The summed E-state index contributed by atoms with van der Waals surface area (Å²) < 4.78 is 5.24. The van der Waals surface area contributed by atoms with Crippen LogP contribution in [0.2, 0.25) is 0 Å². The number of amides is 2. The molecule has 0 bridgehead atoms. The number of hydrogen-bond donors (Lipinski definition) is 1. The van der Waals surface area contributed by atoms with Crippen molar-refractivity contribution >= 4 is 12.0 Å². The van der Waals surface area contributed by atoms with Gasteiger partial charge in [0.05, 0.1) is 6.07 Å². The number of rotatable bonds is 8. The summed E-state index contributed by atoms with van der Waals surface area (Å²) in [6, 6.07) is 0.809. The van der Waals surface area contributed by atoms with Crippen LogP contribution in [0.4, 0.5) is 4.79 Å². The zero-order valence-electron chi connectivity index (χ0n) is 15.8. The minimum absolute atomic E-state index is 0.298. The fourth-order valence-electron chi connectivity index (χ4n) is 2.03. The number of hydrogen-bond acceptors (Lipinski definition) is 4. The van der Waals surface area contributed by atoms with Gasteiger partial charge in [0.1, 0.15) is 17.7 Å². The maximum absolute atomic E-state index is 12.3. The van der Waals surface area contributed by atoms with E-state index < -0.39 is 23.8 Å². The molecule has 0 aliphatic heterocycles. The van der Waals surface area contributed by atoms with E-state index in [1.165, 1.54) is 11.9 Å². The summed E-state index contributed by atoms with van der Waals surface area (Å²) in [5.41, 5.74) is -0.628. The van der Waals surface area contributed by atoms with Gasteiger partial charge in [-0.1, -0.05) is 13.0 Å². The molecule has 6 heteroatoms. The van der Waals surface area contributed by atoms with E-state index in [0.717, 1.165) is 12.8 Å². The molecule has 0 heterocycles. The molecule has 0 aromatic heterocycles. The van der Waals surface area contributed by atoms with Crippen molar-refractivity contribution in [1.29, 1.82) is 5.26 Å². The quantitative estimate of drug-likeness (QED) is 0.689. The second kappa shape index (κ2) is 9.96. The molecule has 0 aliphatic carbocycles. The number of likely N-dealkylation sites (N-methyl/N-ethyl adjacent to an activating group) is 1. The van der Waals surface area contributed by atoms with Crippen molar-refractivity contribution in [2.24, 2.45) is 5.92 Å². The van der Waals surface area contributed by atoms with E-state index in [2.05, 4.69) is 18.0 Å². The molecule has 1 N–H and O–H groups in total. The highest BCUT2D eigenvalue weighted by Crippen LogP contribution is 2.14. The minimum atomic E-state index is -0.723. The average molecular weight is 337 g/mol. The molecule has 3 atom stereocenters. The molecule has 0 rings (SSSR count). The molecule has 24 heavy (non-hydrogen) atoms. The Labute approximate surface area is 145 Å². The summed E-state index contributed by atoms with van der Waals surface area (Å²) >= 11 is 0. The third kappa shape index (κ3) is 8.56. The summed E-state index contributed by atoms with van der Waals surface area (Å²) in [6.07, 6.45) is 3.64. The van der Waals surface area contributed by atoms with Crippen LogP contribution in [-0.4, -0.2) is 41.6 Å². The van der Waals surface area contributed by atoms with Crippen molar-refractivity contribution in [2.45, 2.75) is 71.6 Å². The van der Waals surface area contributed by atoms with Gasteiger partial charge in [-0.15, -0.1) is 6.58 Å². The van der Waals surface area contributed by atoms with Crippen molar-refractivity contribution in [3.63, 3.8) is 0 Å². The molecular formula is C18H31N3O3. The largest absolute Gasteiger partial charge is 0.444 e. The monoisotopic (exact) mass is 337 g/mol. The van der Waals surface area contributed by atoms with Gasteiger partial charge in [-0.05, 0) is 52.9 Å². The van der Waals surface area contributed by atoms with Gasteiger partial charge in [-0.25, -0.2) is 4.79 Å². The molecule has 2 amide bonds. The molecule has 0 aromatic carbocycles. The van der Waals surface area contributed by atoms with Gasteiger partial charge in [-0.2, -0.15) is 5.26 Å². The van der Waals surface area contributed by atoms with Crippen LogP contribution in [0.5, 0.6) is 0 Å². The fourth-order valence-corrected chi connectivity index (χ4v) is 2.03. The third-order valence-corrected chi connectivity index (χ3v) is 3.62. The van der Waals surface area contributed by atoms with E-state index in [-0.39, 0.29) is 5.91 Å². The number of allylic oxidation sites excluding steroid dienone is 1. The Morgan fingerprint density at radius 2 is 1.96 bits per heavy atom. The van der Waals surface area contributed by atoms with E-state index >= 15 is 0 Å². The number of ether oxygens (including phenoxy) is 1. The first kappa shape index (κ1) is 22.0. The molecule has 136 valence electrons. The Morgan fingerprint density at radius 3 is 2.42 bits per heavy atom. The van der Waals surface area contributed by atoms with Crippen molar-refractivity contribution in [3.05, 3.63) is 12.7 Å². The highest BCUT2D eigenvalue weighted by atomic mass is 16.6. The maximum atomic E-state index is 12.3. The first-order valence-corrected chi connectivity index (χ1v) is 8.28. The highest BCUT2D eigenvalue weighted by Gasteiger charge is 2.28. The maximum Gasteiger partial charge on any atom is 0.410 e. The van der Waals surface area contributed by atoms with Crippen molar-refractivity contribution in [1.82, 2.24) is 10.2 Å². The van der Waals surface area contributed by atoms with Crippen LogP contribution in [0.1, 0.15) is 53.9 Å². The lowest BCUT2D eigenvalue weighted by atomic mass is 9.97. The predicted molar refractivity (Wildman–Crippen MR) is 94.2 cm³/mol. The Morgan fingerprint density at radius 1 is 1.38 bits per heavy atom. The second-order valence-electron chi connectivity index (χ2n) is 7.16. The Bertz CT molecular complexity index is 477. The standard InChI is InChI=1S/C18H31N3O3/c1-8-9-10-13(2)11-15(12-19)20-16(22)14(3)21(7)17(23)24-18(4,5)6/h8,13-15H,1,9-11H2,2-7H3,(H,20,22)/t13?,14-,15?/m0/s1. The van der Waals surface area contributed by atoms with Crippen LogP contribution in [0.3, 0.4) is 0 Å². The van der Waals surface area contributed by atoms with E-state index in [0.29, 0.717) is 12.3 Å². The summed E-state index contributed by atoms with van der Waals surface area (Å²) in [7, 11) is 1.51. The van der Waals surface area contributed by atoms with Crippen molar-refractivity contribution in [2.75, 3.05) is 7.05 Å². The number of nitrogens with one attached hydrogen (secondary N) is 1. The van der Waals surface area contributed by atoms with Gasteiger partial charge in [-0.3, -0.25) is 9.69 Å². The van der Waals surface area contributed by atoms with Crippen LogP contribution in [-0.2, 0) is 9.53 Å². The highest BCUT2D eigenvalue weighted by molar-refractivity contribution is 5.85. The predicted octanol–water partition coefficient (Wildman–Crippen LogP) is 3.24. The summed E-state index contributed by atoms with van der Waals surface area (Å²) in [5.74, 6) is -0.0716. The Kier molecular flexibility index (Phi) is 9.12. The summed E-state index contributed by atoms with van der Waals surface area (Å²) in [5, 5.41) is 11.9. The lowest BCUT2D eigenvalue weighted by Gasteiger charge is -2.28. The number of carbonyl (C=O) groups is 2. The zero-order valence-corrected chi connectivity index (χ0v) is 15.8. The summed E-state index contributed by atoms with van der Waals surface area (Å²) in [4.78, 5) is 25.5. The van der Waals surface area contributed by atoms with E-state index in [1.54, 1.807) is 27.7 Å². The second-order valence-corrected chi connectivity index (χ2v) is 7.16. The van der Waals surface area contributed by atoms with Crippen LogP contribution in [0.15, 0.2) is 12.7 Å². The normalized spacial score (nSPS) is 14.7. The topological polar surface area (TPSA) is 82.4 Å². The van der Waals surface area contributed by atoms with Gasteiger partial charge in [0, 0.05) is 7.05 Å². The Hall–Kier alpha value is -2.03. The van der Waals surface area contributed by atoms with Crippen LogP contribution in [0.25, 0.3) is 0 Å². The summed E-state index contributed by atoms with van der Waals surface area (Å²) in [6.45, 7) is 12.6. The van der Waals surface area contributed by atoms with Gasteiger partial charge in [0.2, 0.25) is 5.91 Å². The van der Waals surface area contributed by atoms with Gasteiger partial charge >= 0.3 is 6.09 Å². The van der Waals surface area contributed by atoms with Crippen molar-refractivity contribution in [3.8, 4) is 6.07 Å². The molecular weight excluding hydrogens is 306 g/mol. The SMILES string of the molecule is C=CCCC(C)CC(C#N)NC(=O)[C@H](C)N(C)C(=O)OC(C)(C)C. The van der Waals surface area contributed by atoms with E-state index in [1.807, 2.05) is 13.0 Å². The van der Waals surface area contributed by atoms with E-state index in [4.69, 9.17) is 4.74 Å². The van der Waals surface area contributed by atoms with Gasteiger partial charge < -0.3 is 10.1 Å². The molecule has 0 fully saturated rings. The van der Waals surface area contributed by atoms with E-state index in [9.17, 15) is 14.9 Å². The molecule has 2 unspecified atom stereocenters. The Balaban J connectivity index is 4.63. The molecule has 0 aliphatic rings. The van der Waals surface area contributed by atoms with Gasteiger partial charge in [0.15, 0.2) is 0 Å². The lowest BCUT2D eigenvalue weighted by Crippen LogP contribution is -2.49. The average Bonchev–Trinajstić information content (AvgIpc) is 2.48. The first-order valence-electron chi connectivity index (χ1n) is 8.28. The van der Waals surface area contributed by atoms with Crippen molar-refractivity contribution < 1.29 is 14.3 Å².